The molecule has 0 radical (unpaired) electrons. The average Bonchev–Trinajstić information content (AvgIpc) is 2.73. The summed E-state index contributed by atoms with van der Waals surface area (Å²) in [6.07, 6.45) is 1.47. The van der Waals surface area contributed by atoms with Gasteiger partial charge in [0.1, 0.15) is 18.0 Å². The number of aryl methyl sites for hydroxylation is 2. The van der Waals surface area contributed by atoms with Gasteiger partial charge in [-0.3, -0.25) is 10.1 Å². The van der Waals surface area contributed by atoms with E-state index in [4.69, 9.17) is 14.3 Å². The Labute approximate surface area is 169 Å². The second kappa shape index (κ2) is 9.88. The van der Waals surface area contributed by atoms with Gasteiger partial charge >= 0.3 is 0 Å². The van der Waals surface area contributed by atoms with Crippen LogP contribution in [-0.2, 0) is 9.57 Å². The number of anilines is 1. The molecule has 0 aliphatic carbocycles. The molecule has 0 saturated carbocycles. The van der Waals surface area contributed by atoms with Gasteiger partial charge in [-0.15, -0.1) is 0 Å². The zero-order chi connectivity index (χ0) is 20.6. The molecule has 1 aliphatic heterocycles. The molecular formula is C21H25N3O5. The first kappa shape index (κ1) is 20.6. The quantitative estimate of drug-likeness (QED) is 0.292. The molecule has 8 nitrogen and oxygen atoms in total. The van der Waals surface area contributed by atoms with Gasteiger partial charge in [0.2, 0.25) is 0 Å². The third kappa shape index (κ3) is 5.68. The molecule has 1 heterocycles. The summed E-state index contributed by atoms with van der Waals surface area (Å²) in [5.74, 6) is 0.826. The second-order valence-corrected chi connectivity index (χ2v) is 6.79. The maximum Gasteiger partial charge on any atom is 0.293 e. The Hall–Kier alpha value is -3.13. The number of nitro benzene ring substituents is 1. The van der Waals surface area contributed by atoms with Gasteiger partial charge in [0.15, 0.2) is 6.61 Å². The summed E-state index contributed by atoms with van der Waals surface area (Å²) in [5, 5.41) is 15.4. The number of hydrogen-bond donors (Lipinski definition) is 0. The fourth-order valence-corrected chi connectivity index (χ4v) is 3.04. The maximum absolute atomic E-state index is 11.5. The zero-order valence-corrected chi connectivity index (χ0v) is 16.7. The predicted octanol–water partition coefficient (Wildman–Crippen LogP) is 3.48. The molecular weight excluding hydrogens is 374 g/mol. The summed E-state index contributed by atoms with van der Waals surface area (Å²) in [5.41, 5.74) is 3.44. The molecule has 0 N–H and O–H groups in total. The van der Waals surface area contributed by atoms with Crippen molar-refractivity contribution in [1.82, 2.24) is 0 Å². The summed E-state index contributed by atoms with van der Waals surface area (Å²) in [6, 6.07) is 11.1. The van der Waals surface area contributed by atoms with Gasteiger partial charge in [-0.2, -0.15) is 0 Å². The molecule has 1 saturated heterocycles. The number of nitrogens with zero attached hydrogens (tertiary/aromatic N) is 3. The molecule has 154 valence electrons. The van der Waals surface area contributed by atoms with Crippen molar-refractivity contribution in [2.24, 2.45) is 5.16 Å². The lowest BCUT2D eigenvalue weighted by atomic mass is 10.1. The van der Waals surface area contributed by atoms with E-state index < -0.39 is 0 Å². The summed E-state index contributed by atoms with van der Waals surface area (Å²) in [6.45, 7) is 7.04. The number of benzene rings is 2. The Kier molecular flexibility index (Phi) is 7.02. The van der Waals surface area contributed by atoms with E-state index >= 15 is 0 Å². The van der Waals surface area contributed by atoms with Crippen LogP contribution < -0.4 is 9.64 Å². The summed E-state index contributed by atoms with van der Waals surface area (Å²) in [7, 11) is 0. The molecule has 3 rings (SSSR count). The Bertz CT molecular complexity index is 879. The van der Waals surface area contributed by atoms with Crippen molar-refractivity contribution in [2.75, 3.05) is 44.4 Å². The second-order valence-electron chi connectivity index (χ2n) is 6.79. The van der Waals surface area contributed by atoms with Crippen LogP contribution >= 0.6 is 0 Å². The molecule has 0 bridgehead atoms. The van der Waals surface area contributed by atoms with Gasteiger partial charge in [-0.25, -0.2) is 0 Å². The lowest BCUT2D eigenvalue weighted by Gasteiger charge is -2.28. The minimum absolute atomic E-state index is 0.0501. The Balaban J connectivity index is 1.54. The van der Waals surface area contributed by atoms with Gasteiger partial charge in [0, 0.05) is 24.7 Å². The fraction of sp³-hybridized carbons (Fsp3) is 0.381. The van der Waals surface area contributed by atoms with Gasteiger partial charge in [-0.05, 0) is 37.1 Å². The standard InChI is InChI=1S/C21H25N3O5/c1-16-3-4-17(2)21(13-16)28-11-12-29-22-15-18-5-6-19(20(14-18)24(25)26)23-7-9-27-10-8-23/h3-6,13-15H,7-12H2,1-2H3. The highest BCUT2D eigenvalue weighted by Crippen LogP contribution is 2.29. The number of ether oxygens (including phenoxy) is 2. The van der Waals surface area contributed by atoms with Crippen molar-refractivity contribution in [1.29, 1.82) is 0 Å². The first-order chi connectivity index (χ1) is 14.0. The van der Waals surface area contributed by atoms with Gasteiger partial charge in [0.25, 0.3) is 5.69 Å². The summed E-state index contributed by atoms with van der Waals surface area (Å²) >= 11 is 0. The molecule has 2 aromatic rings. The number of morpholine rings is 1. The Morgan fingerprint density at radius 1 is 1.17 bits per heavy atom. The lowest BCUT2D eigenvalue weighted by molar-refractivity contribution is -0.384. The van der Waals surface area contributed by atoms with Crippen LogP contribution in [0.1, 0.15) is 16.7 Å². The van der Waals surface area contributed by atoms with Gasteiger partial charge < -0.3 is 19.2 Å². The first-order valence-electron chi connectivity index (χ1n) is 9.51. The molecule has 0 amide bonds. The first-order valence-corrected chi connectivity index (χ1v) is 9.51. The van der Waals surface area contributed by atoms with E-state index in [1.165, 1.54) is 12.3 Å². The molecule has 1 fully saturated rings. The number of rotatable bonds is 8. The van der Waals surface area contributed by atoms with Crippen LogP contribution in [-0.4, -0.2) is 50.7 Å². The van der Waals surface area contributed by atoms with E-state index in [-0.39, 0.29) is 17.2 Å². The number of oxime groups is 1. The van der Waals surface area contributed by atoms with Crippen LogP contribution in [0.25, 0.3) is 0 Å². The molecule has 0 unspecified atom stereocenters. The molecule has 29 heavy (non-hydrogen) atoms. The third-order valence-corrected chi connectivity index (χ3v) is 4.60. The van der Waals surface area contributed by atoms with Gasteiger partial charge in [-0.1, -0.05) is 23.4 Å². The monoisotopic (exact) mass is 399 g/mol. The molecule has 0 aromatic heterocycles. The van der Waals surface area contributed by atoms with E-state index in [1.807, 2.05) is 36.9 Å². The highest BCUT2D eigenvalue weighted by molar-refractivity contribution is 5.82. The normalized spacial score (nSPS) is 14.2. The highest BCUT2D eigenvalue weighted by atomic mass is 16.6. The van der Waals surface area contributed by atoms with Crippen molar-refractivity contribution in [3.05, 3.63) is 63.2 Å². The van der Waals surface area contributed by atoms with Crippen LogP contribution in [0.4, 0.5) is 11.4 Å². The van der Waals surface area contributed by atoms with Crippen LogP contribution in [0.3, 0.4) is 0 Å². The van der Waals surface area contributed by atoms with Crippen LogP contribution in [0.2, 0.25) is 0 Å². The summed E-state index contributed by atoms with van der Waals surface area (Å²) in [4.78, 5) is 18.3. The van der Waals surface area contributed by atoms with Crippen molar-refractivity contribution in [2.45, 2.75) is 13.8 Å². The predicted molar refractivity (Wildman–Crippen MR) is 111 cm³/mol. The number of hydrogen-bond acceptors (Lipinski definition) is 7. The van der Waals surface area contributed by atoms with Crippen molar-refractivity contribution < 1.29 is 19.2 Å². The van der Waals surface area contributed by atoms with E-state index in [0.29, 0.717) is 44.2 Å². The maximum atomic E-state index is 11.5. The van der Waals surface area contributed by atoms with E-state index in [9.17, 15) is 10.1 Å². The molecule has 1 aliphatic rings. The van der Waals surface area contributed by atoms with Crippen molar-refractivity contribution in [3.63, 3.8) is 0 Å². The lowest BCUT2D eigenvalue weighted by Crippen LogP contribution is -2.36. The Morgan fingerprint density at radius 2 is 1.97 bits per heavy atom. The van der Waals surface area contributed by atoms with Crippen LogP contribution in [0.5, 0.6) is 5.75 Å². The van der Waals surface area contributed by atoms with Crippen molar-refractivity contribution >= 4 is 17.6 Å². The Morgan fingerprint density at radius 3 is 2.72 bits per heavy atom. The zero-order valence-electron chi connectivity index (χ0n) is 16.7. The summed E-state index contributed by atoms with van der Waals surface area (Å²) < 4.78 is 11.0. The fourth-order valence-electron chi connectivity index (χ4n) is 3.04. The number of nitro groups is 1. The minimum Gasteiger partial charge on any atom is -0.490 e. The van der Waals surface area contributed by atoms with Crippen LogP contribution in [0, 0.1) is 24.0 Å². The average molecular weight is 399 g/mol. The smallest absolute Gasteiger partial charge is 0.293 e. The molecule has 8 heteroatoms. The van der Waals surface area contributed by atoms with E-state index in [0.717, 1.165) is 16.9 Å². The molecule has 2 aromatic carbocycles. The third-order valence-electron chi connectivity index (χ3n) is 4.60. The largest absolute Gasteiger partial charge is 0.490 e. The SMILES string of the molecule is Cc1ccc(C)c(OCCON=Cc2ccc(N3CCOCC3)c([N+](=O)[O-])c2)c1. The van der Waals surface area contributed by atoms with Crippen molar-refractivity contribution in [3.8, 4) is 5.75 Å². The van der Waals surface area contributed by atoms with E-state index in [2.05, 4.69) is 5.16 Å². The topological polar surface area (TPSA) is 86.4 Å². The molecule has 0 atom stereocenters. The van der Waals surface area contributed by atoms with Crippen LogP contribution in [0.15, 0.2) is 41.6 Å². The van der Waals surface area contributed by atoms with Gasteiger partial charge in [0.05, 0.1) is 24.4 Å². The van der Waals surface area contributed by atoms with E-state index in [1.54, 1.807) is 12.1 Å². The highest BCUT2D eigenvalue weighted by Gasteiger charge is 2.21. The minimum atomic E-state index is -0.374. The molecule has 0 spiro atoms.